The van der Waals surface area contributed by atoms with Crippen LogP contribution in [0.5, 0.6) is 0 Å². The number of anilines is 1. The van der Waals surface area contributed by atoms with Crippen LogP contribution < -0.4 is 4.31 Å². The van der Waals surface area contributed by atoms with Crippen LogP contribution in [0.1, 0.15) is 22.3 Å². The Labute approximate surface area is 188 Å². The Balaban J connectivity index is 1.69. The van der Waals surface area contributed by atoms with Crippen molar-refractivity contribution in [3.8, 4) is 0 Å². The average molecular weight is 455 g/mol. The van der Waals surface area contributed by atoms with Crippen LogP contribution in [0.2, 0.25) is 0 Å². The first-order valence-electron chi connectivity index (χ1n) is 10.3. The quantitative estimate of drug-likeness (QED) is 0.429. The molecule has 0 atom stereocenters. The van der Waals surface area contributed by atoms with Gasteiger partial charge in [-0.1, -0.05) is 30.4 Å². The number of esters is 1. The zero-order valence-corrected chi connectivity index (χ0v) is 18.6. The minimum atomic E-state index is -3.77. The van der Waals surface area contributed by atoms with Gasteiger partial charge >= 0.3 is 5.97 Å². The molecule has 0 bridgehead atoms. The minimum Gasteiger partial charge on any atom is -0.452 e. The maximum Gasteiger partial charge on any atom is 0.338 e. The van der Waals surface area contributed by atoms with Crippen LogP contribution in [0.25, 0.3) is 0 Å². The molecule has 8 heteroatoms. The molecule has 7 nitrogen and oxygen atoms in total. The number of carbonyl (C=O) groups excluding carboxylic acids is 2. The number of fused-ring (bicyclic) bond motifs is 1. The summed E-state index contributed by atoms with van der Waals surface area (Å²) in [6.45, 7) is 7.79. The fourth-order valence-corrected chi connectivity index (χ4v) is 5.07. The number of amides is 1. The molecule has 168 valence electrons. The molecule has 0 spiro atoms. The molecule has 0 fully saturated rings. The van der Waals surface area contributed by atoms with Crippen LogP contribution in [-0.4, -0.2) is 51.4 Å². The first kappa shape index (κ1) is 23.3. The van der Waals surface area contributed by atoms with Crippen LogP contribution in [0, 0.1) is 0 Å². The van der Waals surface area contributed by atoms with Gasteiger partial charge in [0.1, 0.15) is 0 Å². The Bertz CT molecular complexity index is 1100. The molecule has 2 aromatic carbocycles. The van der Waals surface area contributed by atoms with Gasteiger partial charge in [0, 0.05) is 19.6 Å². The predicted octanol–water partition coefficient (Wildman–Crippen LogP) is 3.19. The monoisotopic (exact) mass is 454 g/mol. The summed E-state index contributed by atoms with van der Waals surface area (Å²) >= 11 is 0. The lowest BCUT2D eigenvalue weighted by atomic mass is 10.0. The van der Waals surface area contributed by atoms with E-state index < -0.39 is 22.6 Å². The number of para-hydroxylation sites is 1. The second-order valence-electron chi connectivity index (χ2n) is 7.29. The number of nitrogens with zero attached hydrogens (tertiary/aromatic N) is 2. The third kappa shape index (κ3) is 5.08. The van der Waals surface area contributed by atoms with Crippen molar-refractivity contribution < 1.29 is 22.7 Å². The molecule has 32 heavy (non-hydrogen) atoms. The number of rotatable bonds is 9. The van der Waals surface area contributed by atoms with Crippen molar-refractivity contribution in [3.05, 3.63) is 85.0 Å². The van der Waals surface area contributed by atoms with E-state index in [0.29, 0.717) is 25.3 Å². The van der Waals surface area contributed by atoms with Crippen molar-refractivity contribution in [1.29, 1.82) is 0 Å². The van der Waals surface area contributed by atoms with Gasteiger partial charge in [-0.15, -0.1) is 13.2 Å². The fourth-order valence-electron chi connectivity index (χ4n) is 3.53. The van der Waals surface area contributed by atoms with E-state index in [1.807, 2.05) is 18.2 Å². The number of aryl methyl sites for hydroxylation is 1. The second-order valence-corrected chi connectivity index (χ2v) is 9.15. The molecule has 0 aliphatic carbocycles. The molecule has 1 aliphatic heterocycles. The van der Waals surface area contributed by atoms with E-state index >= 15 is 0 Å². The average Bonchev–Trinajstić information content (AvgIpc) is 2.81. The van der Waals surface area contributed by atoms with E-state index in [4.69, 9.17) is 4.74 Å². The molecule has 1 heterocycles. The number of ether oxygens (including phenoxy) is 1. The van der Waals surface area contributed by atoms with Crippen LogP contribution in [0.15, 0.2) is 78.7 Å². The van der Waals surface area contributed by atoms with Gasteiger partial charge in [-0.2, -0.15) is 0 Å². The van der Waals surface area contributed by atoms with Crippen molar-refractivity contribution >= 4 is 27.6 Å². The molecule has 0 N–H and O–H groups in total. The molecule has 2 aromatic rings. The fraction of sp³-hybridized carbons (Fsp3) is 0.250. The summed E-state index contributed by atoms with van der Waals surface area (Å²) in [5.74, 6) is -1.08. The first-order chi connectivity index (χ1) is 15.4. The molecule has 0 saturated carbocycles. The molecule has 0 saturated heterocycles. The molecule has 0 aromatic heterocycles. The third-order valence-corrected chi connectivity index (χ3v) is 6.95. The van der Waals surface area contributed by atoms with Crippen LogP contribution >= 0.6 is 0 Å². The van der Waals surface area contributed by atoms with Gasteiger partial charge in [0.2, 0.25) is 0 Å². The number of hydrogen-bond acceptors (Lipinski definition) is 5. The summed E-state index contributed by atoms with van der Waals surface area (Å²) in [7, 11) is -3.77. The summed E-state index contributed by atoms with van der Waals surface area (Å²) in [5.41, 5.74) is 1.84. The first-order valence-corrected chi connectivity index (χ1v) is 11.7. The molecular formula is C24H26N2O5S. The second kappa shape index (κ2) is 10.3. The van der Waals surface area contributed by atoms with Crippen molar-refractivity contribution in [3.63, 3.8) is 0 Å². The Morgan fingerprint density at radius 3 is 2.34 bits per heavy atom. The van der Waals surface area contributed by atoms with E-state index in [-0.39, 0.29) is 16.4 Å². The summed E-state index contributed by atoms with van der Waals surface area (Å²) in [5, 5.41) is 0. The maximum absolute atomic E-state index is 13.2. The van der Waals surface area contributed by atoms with Gasteiger partial charge in [0.15, 0.2) is 6.61 Å². The van der Waals surface area contributed by atoms with E-state index in [9.17, 15) is 18.0 Å². The van der Waals surface area contributed by atoms with Gasteiger partial charge in [-0.05, 0) is 48.7 Å². The highest BCUT2D eigenvalue weighted by Crippen LogP contribution is 2.31. The van der Waals surface area contributed by atoms with Crippen LogP contribution in [0.4, 0.5) is 5.69 Å². The van der Waals surface area contributed by atoms with Crippen LogP contribution in [0.3, 0.4) is 0 Å². The Morgan fingerprint density at radius 2 is 1.69 bits per heavy atom. The minimum absolute atomic E-state index is 0.0879. The Kier molecular flexibility index (Phi) is 7.48. The highest BCUT2D eigenvalue weighted by molar-refractivity contribution is 7.92. The summed E-state index contributed by atoms with van der Waals surface area (Å²) < 4.78 is 32.9. The van der Waals surface area contributed by atoms with Gasteiger partial charge in [0.05, 0.1) is 16.1 Å². The van der Waals surface area contributed by atoms with E-state index in [2.05, 4.69) is 13.2 Å². The maximum atomic E-state index is 13.2. The molecule has 0 unspecified atom stereocenters. The number of sulfonamides is 1. The van der Waals surface area contributed by atoms with E-state index in [1.165, 1.54) is 33.5 Å². The largest absolute Gasteiger partial charge is 0.452 e. The number of hydrogen-bond donors (Lipinski definition) is 0. The molecule has 0 radical (unpaired) electrons. The lowest BCUT2D eigenvalue weighted by Crippen LogP contribution is -2.35. The SMILES string of the molecule is C=CCN(CC=C)C(=O)COC(=O)c1ccc(S(=O)(=O)N2CCCc3ccccc32)cc1. The highest BCUT2D eigenvalue weighted by Gasteiger charge is 2.29. The summed E-state index contributed by atoms with van der Waals surface area (Å²) in [6.07, 6.45) is 4.72. The lowest BCUT2D eigenvalue weighted by molar-refractivity contribution is -0.133. The Hall–Kier alpha value is -3.39. The van der Waals surface area contributed by atoms with Gasteiger partial charge in [-0.25, -0.2) is 13.2 Å². The zero-order chi connectivity index (χ0) is 23.1. The molecule has 3 rings (SSSR count). The number of benzene rings is 2. The van der Waals surface area contributed by atoms with Gasteiger partial charge < -0.3 is 9.64 Å². The normalized spacial score (nSPS) is 13.1. The van der Waals surface area contributed by atoms with Gasteiger partial charge in [0.25, 0.3) is 15.9 Å². The lowest BCUT2D eigenvalue weighted by Gasteiger charge is -2.30. The predicted molar refractivity (Wildman–Crippen MR) is 123 cm³/mol. The number of carbonyl (C=O) groups is 2. The van der Waals surface area contributed by atoms with Crippen molar-refractivity contribution in [2.75, 3.05) is 30.5 Å². The summed E-state index contributed by atoms with van der Waals surface area (Å²) in [6, 6.07) is 13.0. The van der Waals surface area contributed by atoms with Crippen LogP contribution in [-0.2, 0) is 26.0 Å². The summed E-state index contributed by atoms with van der Waals surface area (Å²) in [4.78, 5) is 26.0. The molecule has 1 amide bonds. The smallest absolute Gasteiger partial charge is 0.338 e. The van der Waals surface area contributed by atoms with Crippen molar-refractivity contribution in [1.82, 2.24) is 4.90 Å². The third-order valence-electron chi connectivity index (χ3n) is 5.12. The standard InChI is InChI=1S/C24H26N2O5S/c1-3-15-25(16-4-2)23(27)18-31-24(28)20-11-13-21(14-12-20)32(29,30)26-17-7-9-19-8-5-6-10-22(19)26/h3-6,8,10-14H,1-2,7,9,15-18H2. The van der Waals surface area contributed by atoms with E-state index in [1.54, 1.807) is 18.2 Å². The van der Waals surface area contributed by atoms with Crippen molar-refractivity contribution in [2.24, 2.45) is 0 Å². The molecule has 1 aliphatic rings. The highest BCUT2D eigenvalue weighted by atomic mass is 32.2. The molecular weight excluding hydrogens is 428 g/mol. The van der Waals surface area contributed by atoms with Crippen molar-refractivity contribution in [2.45, 2.75) is 17.7 Å². The topological polar surface area (TPSA) is 84.0 Å². The van der Waals surface area contributed by atoms with Gasteiger partial charge in [-0.3, -0.25) is 9.10 Å². The van der Waals surface area contributed by atoms with E-state index in [0.717, 1.165) is 18.4 Å². The zero-order valence-electron chi connectivity index (χ0n) is 17.8. The Morgan fingerprint density at radius 1 is 1.03 bits per heavy atom.